The third-order valence-electron chi connectivity index (χ3n) is 14.9. The number of hydrogen-bond donors (Lipinski definition) is 0. The maximum absolute atomic E-state index is 7.37. The number of nitrogens with zero attached hydrogens (tertiary/aromatic N) is 2. The van der Waals surface area contributed by atoms with Gasteiger partial charge in [0.25, 0.3) is 0 Å². The first kappa shape index (κ1) is 44.4. The maximum atomic E-state index is 7.37. The highest BCUT2D eigenvalue weighted by molar-refractivity contribution is 6.35. The fourth-order valence-electron chi connectivity index (χ4n) is 11.0. The Hall–Kier alpha value is -7.82. The predicted molar refractivity (Wildman–Crippen MR) is 304 cm³/mol. The van der Waals surface area contributed by atoms with Gasteiger partial charge in [0.1, 0.15) is 22.3 Å². The molecule has 71 heavy (non-hydrogen) atoms. The maximum Gasteiger partial charge on any atom is 0.144 e. The molecule has 0 aliphatic carbocycles. The van der Waals surface area contributed by atoms with Crippen molar-refractivity contribution in [2.45, 2.75) is 85.5 Å². The molecule has 10 aromatic carbocycles. The van der Waals surface area contributed by atoms with Crippen LogP contribution in [0.15, 0.2) is 185 Å². The molecule has 2 heterocycles. The van der Waals surface area contributed by atoms with Gasteiger partial charge >= 0.3 is 0 Å². The van der Waals surface area contributed by atoms with Crippen LogP contribution in [0.1, 0.15) is 91.5 Å². The van der Waals surface area contributed by atoms with E-state index in [1.54, 1.807) is 0 Å². The lowest BCUT2D eigenvalue weighted by Gasteiger charge is -2.32. The molecule has 350 valence electrons. The topological polar surface area (TPSA) is 32.8 Å². The van der Waals surface area contributed by atoms with Gasteiger partial charge in [0.05, 0.1) is 11.4 Å². The van der Waals surface area contributed by atoms with Gasteiger partial charge in [-0.3, -0.25) is 0 Å². The Morgan fingerprint density at radius 1 is 0.366 bits per heavy atom. The third-order valence-corrected chi connectivity index (χ3v) is 14.9. The van der Waals surface area contributed by atoms with Crippen LogP contribution in [0.3, 0.4) is 0 Å². The van der Waals surface area contributed by atoms with E-state index in [9.17, 15) is 0 Å². The molecule has 0 spiro atoms. The van der Waals surface area contributed by atoms with Gasteiger partial charge < -0.3 is 18.6 Å². The summed E-state index contributed by atoms with van der Waals surface area (Å²) < 4.78 is 14.7. The van der Waals surface area contributed by atoms with Crippen molar-refractivity contribution in [1.29, 1.82) is 0 Å². The monoisotopic (exact) mass is 924 g/mol. The van der Waals surface area contributed by atoms with Gasteiger partial charge in [0.2, 0.25) is 0 Å². The van der Waals surface area contributed by atoms with Crippen LogP contribution in [-0.2, 0) is 16.2 Å². The van der Waals surface area contributed by atoms with Gasteiger partial charge in [0, 0.05) is 77.0 Å². The summed E-state index contributed by atoms with van der Waals surface area (Å²) in [6, 6.07) is 62.5. The summed E-state index contributed by atoms with van der Waals surface area (Å²) in [6.45, 7) is 26.8. The van der Waals surface area contributed by atoms with Crippen LogP contribution in [0.2, 0.25) is 0 Å². The molecule has 2 aliphatic rings. The molecule has 0 atom stereocenters. The molecule has 0 bridgehead atoms. The van der Waals surface area contributed by atoms with E-state index in [1.807, 2.05) is 0 Å². The second kappa shape index (κ2) is 15.8. The first-order valence-electron chi connectivity index (χ1n) is 25.0. The molecule has 0 saturated carbocycles. The van der Waals surface area contributed by atoms with Crippen molar-refractivity contribution < 1.29 is 8.83 Å². The summed E-state index contributed by atoms with van der Waals surface area (Å²) in [4.78, 5) is 4.88. The summed E-state index contributed by atoms with van der Waals surface area (Å²) in [5.74, 6) is 0. The minimum absolute atomic E-state index is 0.00590. The van der Waals surface area contributed by atoms with Crippen molar-refractivity contribution in [3.8, 4) is 11.1 Å². The van der Waals surface area contributed by atoms with Gasteiger partial charge in [-0.25, -0.2) is 0 Å². The van der Waals surface area contributed by atoms with Gasteiger partial charge in [-0.2, -0.15) is 0 Å². The largest absolute Gasteiger partial charge is 0.455 e. The molecule has 0 fully saturated rings. The number of fused-ring (bicyclic) bond motifs is 4. The van der Waals surface area contributed by atoms with Gasteiger partial charge in [-0.05, 0) is 118 Å². The Morgan fingerprint density at radius 2 is 0.676 bits per heavy atom. The zero-order chi connectivity index (χ0) is 49.3. The molecule has 0 aromatic heterocycles. The van der Waals surface area contributed by atoms with Crippen molar-refractivity contribution in [1.82, 2.24) is 0 Å². The van der Waals surface area contributed by atoms with Gasteiger partial charge in [0.15, 0.2) is 0 Å². The summed E-state index contributed by atoms with van der Waals surface area (Å²) in [5.41, 5.74) is 18.0. The van der Waals surface area contributed by atoms with E-state index in [4.69, 9.17) is 8.83 Å². The highest BCUT2D eigenvalue weighted by Gasteiger charge is 2.32. The zero-order valence-corrected chi connectivity index (χ0v) is 42.6. The van der Waals surface area contributed by atoms with Crippen molar-refractivity contribution in [2.24, 2.45) is 0 Å². The Bertz CT molecular complexity index is 3920. The number of hydrogen-bond acceptors (Lipinski definition) is 4. The molecule has 2 aliphatic heterocycles. The van der Waals surface area contributed by atoms with Crippen molar-refractivity contribution in [2.75, 3.05) is 9.80 Å². The smallest absolute Gasteiger partial charge is 0.144 e. The molecule has 0 radical (unpaired) electrons. The average molecular weight is 925 g/mol. The highest BCUT2D eigenvalue weighted by atomic mass is 16.3. The van der Waals surface area contributed by atoms with Gasteiger partial charge in [-0.15, -0.1) is 0 Å². The molecular formula is C67H60N2O2. The number of benzene rings is 10. The lowest BCUT2D eigenvalue weighted by Crippen LogP contribution is -2.15. The Balaban J connectivity index is 1.18. The fraction of sp³-hybridized carbons (Fsp3) is 0.194. The predicted octanol–water partition coefficient (Wildman–Crippen LogP) is 20.2. The van der Waals surface area contributed by atoms with E-state index in [2.05, 4.69) is 255 Å². The summed E-state index contributed by atoms with van der Waals surface area (Å²) in [6.07, 6.45) is 0. The molecule has 12 rings (SSSR count). The van der Waals surface area contributed by atoms with Crippen LogP contribution < -0.4 is 9.80 Å². The van der Waals surface area contributed by atoms with E-state index in [0.717, 1.165) is 122 Å². The number of anilines is 6. The molecule has 10 aromatic rings. The second-order valence-corrected chi connectivity index (χ2v) is 22.8. The van der Waals surface area contributed by atoms with Crippen LogP contribution >= 0.6 is 0 Å². The minimum Gasteiger partial charge on any atom is -0.455 e. The molecular weight excluding hydrogens is 865 g/mol. The van der Waals surface area contributed by atoms with E-state index < -0.39 is 0 Å². The first-order valence-corrected chi connectivity index (χ1v) is 25.0. The third kappa shape index (κ3) is 7.09. The highest BCUT2D eigenvalue weighted by Crippen LogP contribution is 2.57. The minimum atomic E-state index is 0.00590. The first-order chi connectivity index (χ1) is 34.0. The summed E-state index contributed by atoms with van der Waals surface area (Å²) in [7, 11) is 0. The average Bonchev–Trinajstić information content (AvgIpc) is 3.36. The second-order valence-electron chi connectivity index (χ2n) is 22.8. The fourth-order valence-corrected chi connectivity index (χ4v) is 11.0. The van der Waals surface area contributed by atoms with Crippen LogP contribution in [0.4, 0.5) is 34.1 Å². The Labute approximate surface area is 417 Å². The lowest BCUT2D eigenvalue weighted by molar-refractivity contribution is 0.590. The SMILES string of the molecule is C=C(C)c1ccc(N(c2ccc(C(C)(C)C)cc2)c2c3ccccc3c3oc4ccc5c(N(c6ccc(C(C)(C)C)cc6)c6ccc(C(C)(C)C)cc6)c6ccccc6c6oc7ccc2c3c7-c4c56)cc1. The quantitative estimate of drug-likeness (QED) is 0.118. The lowest BCUT2D eigenvalue weighted by atomic mass is 9.85. The standard InChI is InChI=1S/C67H60N2O2/c1-40(2)41-20-28-45(29-21-41)68(46-30-22-42(23-31-46)65(3,4)5)61-49-16-12-14-18-51(49)63-57-53(61)36-38-55-59(57)60-56(70-63)39-37-54-58(60)64(71-55)52-19-15-13-17-50(52)62(54)69(47-32-24-43(25-33-47)66(6,7)8)48-34-26-44(27-35-48)67(9,10)11/h12-39H,1H2,2-11H3. The van der Waals surface area contributed by atoms with Crippen LogP contribution in [0.5, 0.6) is 0 Å². The Morgan fingerprint density at radius 3 is 0.986 bits per heavy atom. The molecule has 0 saturated heterocycles. The van der Waals surface area contributed by atoms with E-state index in [0.29, 0.717) is 0 Å². The summed E-state index contributed by atoms with van der Waals surface area (Å²) >= 11 is 0. The van der Waals surface area contributed by atoms with Gasteiger partial charge in [-0.1, -0.05) is 172 Å². The van der Waals surface area contributed by atoms with Crippen molar-refractivity contribution in [3.05, 3.63) is 199 Å². The molecule has 4 nitrogen and oxygen atoms in total. The normalized spacial score (nSPS) is 12.7. The van der Waals surface area contributed by atoms with E-state index in [1.165, 1.54) is 16.7 Å². The molecule has 0 N–H and O–H groups in total. The van der Waals surface area contributed by atoms with Crippen LogP contribution in [0.25, 0.3) is 82.1 Å². The Kier molecular flexibility index (Phi) is 9.91. The molecule has 0 unspecified atom stereocenters. The van der Waals surface area contributed by atoms with E-state index in [-0.39, 0.29) is 16.2 Å². The van der Waals surface area contributed by atoms with E-state index >= 15 is 0 Å². The molecule has 4 heteroatoms. The molecule has 0 amide bonds. The summed E-state index contributed by atoms with van der Waals surface area (Å²) in [5, 5.41) is 8.54. The van der Waals surface area contributed by atoms with Crippen molar-refractivity contribution >= 4 is 105 Å². The number of allylic oxidation sites excluding steroid dienone is 1. The van der Waals surface area contributed by atoms with Crippen LogP contribution in [0, 0.1) is 0 Å². The zero-order valence-electron chi connectivity index (χ0n) is 42.6. The van der Waals surface area contributed by atoms with Crippen LogP contribution in [-0.4, -0.2) is 0 Å². The number of rotatable bonds is 7. The van der Waals surface area contributed by atoms with Crippen molar-refractivity contribution in [3.63, 3.8) is 0 Å².